The van der Waals surface area contributed by atoms with Crippen molar-refractivity contribution in [1.82, 2.24) is 9.88 Å². The molecule has 0 radical (unpaired) electrons. The van der Waals surface area contributed by atoms with Gasteiger partial charge in [-0.25, -0.2) is 4.98 Å². The number of nitrogens with zero attached hydrogens (tertiary/aromatic N) is 2. The van der Waals surface area contributed by atoms with E-state index in [9.17, 15) is 9.59 Å². The topological polar surface area (TPSA) is 62.3 Å². The zero-order valence-electron chi connectivity index (χ0n) is 12.0. The fourth-order valence-electron chi connectivity index (χ4n) is 2.55. The van der Waals surface area contributed by atoms with Gasteiger partial charge in [-0.05, 0) is 31.0 Å². The Morgan fingerprint density at radius 2 is 2.13 bits per heavy atom. The quantitative estimate of drug-likeness (QED) is 0.896. The van der Waals surface area contributed by atoms with Crippen LogP contribution in [-0.4, -0.2) is 34.3 Å². The highest BCUT2D eigenvalue weighted by Gasteiger charge is 2.34. The number of rotatable bonds is 3. The molecule has 2 amide bonds. The number of aromatic nitrogens is 1. The van der Waals surface area contributed by atoms with Crippen molar-refractivity contribution in [2.24, 2.45) is 0 Å². The third-order valence-corrected chi connectivity index (χ3v) is 5.07. The van der Waals surface area contributed by atoms with Gasteiger partial charge in [-0.2, -0.15) is 0 Å². The first-order chi connectivity index (χ1) is 11.1. The van der Waals surface area contributed by atoms with Crippen LogP contribution in [0.2, 0.25) is 10.0 Å². The molecule has 23 heavy (non-hydrogen) atoms. The van der Waals surface area contributed by atoms with Gasteiger partial charge >= 0.3 is 0 Å². The smallest absolute Gasteiger partial charge is 0.254 e. The van der Waals surface area contributed by atoms with Crippen LogP contribution in [0.4, 0.5) is 5.13 Å². The summed E-state index contributed by atoms with van der Waals surface area (Å²) in [7, 11) is 0. The summed E-state index contributed by atoms with van der Waals surface area (Å²) in [4.78, 5) is 30.7. The van der Waals surface area contributed by atoms with Crippen molar-refractivity contribution < 1.29 is 9.59 Å². The molecule has 1 saturated heterocycles. The van der Waals surface area contributed by atoms with E-state index < -0.39 is 6.04 Å². The predicted octanol–water partition coefficient (Wildman–Crippen LogP) is 3.69. The molecule has 8 heteroatoms. The van der Waals surface area contributed by atoms with E-state index in [1.165, 1.54) is 17.4 Å². The monoisotopic (exact) mass is 369 g/mol. The highest BCUT2D eigenvalue weighted by Crippen LogP contribution is 2.26. The first kappa shape index (κ1) is 16.2. The Hall–Kier alpha value is -1.63. The molecular weight excluding hydrogens is 357 g/mol. The Kier molecular flexibility index (Phi) is 4.84. The lowest BCUT2D eigenvalue weighted by atomic mass is 10.1. The number of carbonyl (C=O) groups is 2. The van der Waals surface area contributed by atoms with Crippen LogP contribution in [0.15, 0.2) is 29.8 Å². The molecule has 1 aromatic carbocycles. The molecule has 0 bridgehead atoms. The lowest BCUT2D eigenvalue weighted by Crippen LogP contribution is -2.43. The fraction of sp³-hybridized carbons (Fsp3) is 0.267. The number of hydrogen-bond donors (Lipinski definition) is 1. The minimum Gasteiger partial charge on any atom is -0.327 e. The van der Waals surface area contributed by atoms with Crippen molar-refractivity contribution in [3.63, 3.8) is 0 Å². The lowest BCUT2D eigenvalue weighted by molar-refractivity contribution is -0.119. The van der Waals surface area contributed by atoms with E-state index in [1.54, 1.807) is 28.6 Å². The maximum atomic E-state index is 12.7. The number of thiazole rings is 1. The van der Waals surface area contributed by atoms with E-state index in [-0.39, 0.29) is 11.8 Å². The standard InChI is InChI=1S/C15H13Cl2N3O2S/c16-10-4-3-9(8-11(10)17)14(22)20-6-1-2-12(20)13(21)19-15-18-5-7-23-15/h3-5,7-8,12H,1-2,6H2,(H,18,19,21)/t12-/m1/s1. The summed E-state index contributed by atoms with van der Waals surface area (Å²) >= 11 is 13.2. The second kappa shape index (κ2) is 6.86. The summed E-state index contributed by atoms with van der Waals surface area (Å²) in [5.41, 5.74) is 0.424. The molecular formula is C15H13Cl2N3O2S. The van der Waals surface area contributed by atoms with Crippen molar-refractivity contribution in [2.45, 2.75) is 18.9 Å². The van der Waals surface area contributed by atoms with E-state index in [4.69, 9.17) is 23.2 Å². The van der Waals surface area contributed by atoms with Crippen LogP contribution in [0.5, 0.6) is 0 Å². The second-order valence-electron chi connectivity index (χ2n) is 5.11. The summed E-state index contributed by atoms with van der Waals surface area (Å²) in [6, 6.07) is 4.23. The van der Waals surface area contributed by atoms with Crippen LogP contribution in [0.1, 0.15) is 23.2 Å². The number of amides is 2. The molecule has 1 aliphatic heterocycles. The Bertz CT molecular complexity index is 736. The van der Waals surface area contributed by atoms with E-state index >= 15 is 0 Å². The van der Waals surface area contributed by atoms with Gasteiger partial charge in [-0.1, -0.05) is 23.2 Å². The summed E-state index contributed by atoms with van der Waals surface area (Å²) in [6.45, 7) is 0.537. The van der Waals surface area contributed by atoms with Crippen LogP contribution in [0.25, 0.3) is 0 Å². The third kappa shape index (κ3) is 3.49. The first-order valence-corrected chi connectivity index (χ1v) is 8.66. The number of benzene rings is 1. The molecule has 3 rings (SSSR count). The molecule has 1 aromatic heterocycles. The average molecular weight is 370 g/mol. The summed E-state index contributed by atoms with van der Waals surface area (Å²) < 4.78 is 0. The highest BCUT2D eigenvalue weighted by molar-refractivity contribution is 7.13. The SMILES string of the molecule is O=C(Nc1nccs1)[C@H]1CCCN1C(=O)c1ccc(Cl)c(Cl)c1. The molecule has 2 aromatic rings. The highest BCUT2D eigenvalue weighted by atomic mass is 35.5. The Morgan fingerprint density at radius 3 is 2.83 bits per heavy atom. The molecule has 2 heterocycles. The third-order valence-electron chi connectivity index (χ3n) is 3.65. The van der Waals surface area contributed by atoms with Crippen molar-refractivity contribution in [1.29, 1.82) is 0 Å². The van der Waals surface area contributed by atoms with Gasteiger partial charge in [0.1, 0.15) is 6.04 Å². The molecule has 0 unspecified atom stereocenters. The number of likely N-dealkylation sites (tertiary alicyclic amines) is 1. The molecule has 1 N–H and O–H groups in total. The molecule has 0 saturated carbocycles. The number of hydrogen-bond acceptors (Lipinski definition) is 4. The van der Waals surface area contributed by atoms with Gasteiger partial charge in [0.25, 0.3) is 5.91 Å². The lowest BCUT2D eigenvalue weighted by Gasteiger charge is -2.23. The van der Waals surface area contributed by atoms with E-state index in [2.05, 4.69) is 10.3 Å². The van der Waals surface area contributed by atoms with Gasteiger partial charge in [0.05, 0.1) is 10.0 Å². The van der Waals surface area contributed by atoms with E-state index in [0.717, 1.165) is 6.42 Å². The van der Waals surface area contributed by atoms with Crippen molar-refractivity contribution >= 4 is 51.5 Å². The molecule has 120 valence electrons. The van der Waals surface area contributed by atoms with Crippen molar-refractivity contribution in [3.05, 3.63) is 45.4 Å². The molecule has 1 aliphatic rings. The Labute approximate surface area is 147 Å². The van der Waals surface area contributed by atoms with Crippen LogP contribution < -0.4 is 5.32 Å². The Morgan fingerprint density at radius 1 is 1.30 bits per heavy atom. The van der Waals surface area contributed by atoms with Crippen molar-refractivity contribution in [3.8, 4) is 0 Å². The largest absolute Gasteiger partial charge is 0.327 e. The van der Waals surface area contributed by atoms with E-state index in [0.29, 0.717) is 33.7 Å². The minimum atomic E-state index is -0.499. The van der Waals surface area contributed by atoms with Crippen LogP contribution in [0, 0.1) is 0 Å². The second-order valence-corrected chi connectivity index (χ2v) is 6.82. The zero-order valence-corrected chi connectivity index (χ0v) is 14.3. The molecule has 5 nitrogen and oxygen atoms in total. The maximum Gasteiger partial charge on any atom is 0.254 e. The number of carbonyl (C=O) groups excluding carboxylic acids is 2. The average Bonchev–Trinajstić information content (AvgIpc) is 3.20. The summed E-state index contributed by atoms with van der Waals surface area (Å²) in [6.07, 6.45) is 3.03. The first-order valence-electron chi connectivity index (χ1n) is 7.02. The minimum absolute atomic E-state index is 0.217. The Balaban J connectivity index is 1.76. The van der Waals surface area contributed by atoms with Crippen LogP contribution in [0.3, 0.4) is 0 Å². The number of halogens is 2. The summed E-state index contributed by atoms with van der Waals surface area (Å²) in [5, 5.41) is 5.77. The molecule has 1 fully saturated rings. The zero-order chi connectivity index (χ0) is 16.4. The van der Waals surface area contributed by atoms with Gasteiger partial charge in [0.2, 0.25) is 5.91 Å². The predicted molar refractivity (Wildman–Crippen MR) is 91.3 cm³/mol. The summed E-state index contributed by atoms with van der Waals surface area (Å²) in [5.74, 6) is -0.439. The van der Waals surface area contributed by atoms with Crippen LogP contribution in [-0.2, 0) is 4.79 Å². The molecule has 1 atom stereocenters. The van der Waals surface area contributed by atoms with Gasteiger partial charge in [0, 0.05) is 23.7 Å². The molecule has 0 spiro atoms. The molecule has 0 aliphatic carbocycles. The van der Waals surface area contributed by atoms with Gasteiger partial charge in [-0.3, -0.25) is 9.59 Å². The normalized spacial score (nSPS) is 17.3. The van der Waals surface area contributed by atoms with Gasteiger partial charge in [-0.15, -0.1) is 11.3 Å². The van der Waals surface area contributed by atoms with Crippen molar-refractivity contribution in [2.75, 3.05) is 11.9 Å². The number of nitrogens with one attached hydrogen (secondary N) is 1. The van der Waals surface area contributed by atoms with Gasteiger partial charge < -0.3 is 10.2 Å². The maximum absolute atomic E-state index is 12.7. The fourth-order valence-corrected chi connectivity index (χ4v) is 3.38. The van der Waals surface area contributed by atoms with Crippen LogP contribution >= 0.6 is 34.5 Å². The van der Waals surface area contributed by atoms with Gasteiger partial charge in [0.15, 0.2) is 5.13 Å². The van der Waals surface area contributed by atoms with E-state index in [1.807, 2.05) is 0 Å². The number of anilines is 1.